The Balaban J connectivity index is 1.24. The SMILES string of the molecule is CN(c1ccccc1)c1ccc(-c2ccc(-c3cccc4c3c3c5ccccc5ccc3n4-c3ccccc3)cc2)cc1. The summed E-state index contributed by atoms with van der Waals surface area (Å²) in [5.74, 6) is 0. The van der Waals surface area contributed by atoms with Crippen LogP contribution >= 0.6 is 0 Å². The molecule has 0 amide bonds. The minimum Gasteiger partial charge on any atom is -0.345 e. The van der Waals surface area contributed by atoms with Gasteiger partial charge in [-0.15, -0.1) is 0 Å². The lowest BCUT2D eigenvalue weighted by Gasteiger charge is -2.19. The van der Waals surface area contributed by atoms with E-state index in [0.717, 1.165) is 0 Å². The van der Waals surface area contributed by atoms with E-state index in [1.165, 1.54) is 71.9 Å². The lowest BCUT2D eigenvalue weighted by Crippen LogP contribution is -2.08. The molecular formula is C41H30N2. The van der Waals surface area contributed by atoms with E-state index in [0.29, 0.717) is 0 Å². The van der Waals surface area contributed by atoms with Crippen LogP contribution < -0.4 is 4.90 Å². The van der Waals surface area contributed by atoms with E-state index in [1.807, 2.05) is 6.07 Å². The number of nitrogens with zero attached hydrogens (tertiary/aromatic N) is 2. The molecule has 7 aromatic carbocycles. The van der Waals surface area contributed by atoms with Crippen LogP contribution in [0, 0.1) is 0 Å². The van der Waals surface area contributed by atoms with Gasteiger partial charge in [0, 0.05) is 34.9 Å². The summed E-state index contributed by atoms with van der Waals surface area (Å²) in [7, 11) is 2.11. The summed E-state index contributed by atoms with van der Waals surface area (Å²) < 4.78 is 2.41. The monoisotopic (exact) mass is 550 g/mol. The zero-order chi connectivity index (χ0) is 28.8. The van der Waals surface area contributed by atoms with E-state index in [9.17, 15) is 0 Å². The minimum atomic E-state index is 1.17. The van der Waals surface area contributed by atoms with E-state index in [-0.39, 0.29) is 0 Å². The summed E-state index contributed by atoms with van der Waals surface area (Å²) in [6.45, 7) is 0. The van der Waals surface area contributed by atoms with Crippen molar-refractivity contribution in [2.45, 2.75) is 0 Å². The van der Waals surface area contributed by atoms with Crippen LogP contribution in [0.5, 0.6) is 0 Å². The highest BCUT2D eigenvalue weighted by Crippen LogP contribution is 2.42. The number of aromatic nitrogens is 1. The van der Waals surface area contributed by atoms with E-state index in [2.05, 4.69) is 174 Å². The van der Waals surface area contributed by atoms with Gasteiger partial charge < -0.3 is 9.47 Å². The van der Waals surface area contributed by atoms with Crippen LogP contribution in [0.1, 0.15) is 0 Å². The van der Waals surface area contributed by atoms with Gasteiger partial charge in [-0.1, -0.05) is 115 Å². The molecule has 0 saturated heterocycles. The highest BCUT2D eigenvalue weighted by Gasteiger charge is 2.18. The van der Waals surface area contributed by atoms with Gasteiger partial charge in [0.25, 0.3) is 0 Å². The number of fused-ring (bicyclic) bond motifs is 5. The van der Waals surface area contributed by atoms with Gasteiger partial charge in [-0.25, -0.2) is 0 Å². The standard InChI is InChI=1S/C41H30N2/c1-42(33-12-4-2-5-13-33)34-26-23-30(24-27-34)29-19-21-32(22-20-29)37-17-10-18-38-40(37)41-36-16-9-8-11-31(36)25-28-39(41)43(38)35-14-6-3-7-15-35/h2-28H,1H3. The normalized spacial score (nSPS) is 11.4. The van der Waals surface area contributed by atoms with Crippen molar-refractivity contribution < 1.29 is 0 Å². The molecule has 0 aliphatic rings. The minimum absolute atomic E-state index is 1.17. The first kappa shape index (κ1) is 25.1. The molecular weight excluding hydrogens is 520 g/mol. The fraction of sp³-hybridized carbons (Fsp3) is 0.0244. The number of benzene rings is 7. The first-order valence-electron chi connectivity index (χ1n) is 14.8. The van der Waals surface area contributed by atoms with Crippen LogP contribution in [0.4, 0.5) is 11.4 Å². The summed E-state index contributed by atoms with van der Waals surface area (Å²) in [5, 5.41) is 5.13. The van der Waals surface area contributed by atoms with Crippen molar-refractivity contribution in [3.8, 4) is 27.9 Å². The van der Waals surface area contributed by atoms with E-state index in [1.54, 1.807) is 0 Å². The molecule has 1 aromatic heterocycles. The fourth-order valence-electron chi connectivity index (χ4n) is 6.44. The zero-order valence-corrected chi connectivity index (χ0v) is 24.0. The summed E-state index contributed by atoms with van der Waals surface area (Å²) in [4.78, 5) is 2.21. The smallest absolute Gasteiger partial charge is 0.0547 e. The Bertz CT molecular complexity index is 2210. The molecule has 2 heteroatoms. The lowest BCUT2D eigenvalue weighted by molar-refractivity contribution is 1.18. The van der Waals surface area contributed by atoms with Crippen molar-refractivity contribution in [1.82, 2.24) is 4.57 Å². The molecule has 0 fully saturated rings. The topological polar surface area (TPSA) is 8.17 Å². The molecule has 0 spiro atoms. The quantitative estimate of drug-likeness (QED) is 0.207. The molecule has 8 rings (SSSR count). The molecule has 1 heterocycles. The van der Waals surface area contributed by atoms with Crippen molar-refractivity contribution in [3.05, 3.63) is 164 Å². The van der Waals surface area contributed by atoms with Gasteiger partial charge in [-0.05, 0) is 81.6 Å². The summed E-state index contributed by atoms with van der Waals surface area (Å²) in [6, 6.07) is 59.0. The second kappa shape index (κ2) is 10.3. The Morgan fingerprint density at radius 2 is 1.00 bits per heavy atom. The maximum Gasteiger partial charge on any atom is 0.0547 e. The molecule has 43 heavy (non-hydrogen) atoms. The average Bonchev–Trinajstić information content (AvgIpc) is 3.44. The molecule has 0 atom stereocenters. The van der Waals surface area contributed by atoms with Crippen molar-refractivity contribution in [3.63, 3.8) is 0 Å². The number of hydrogen-bond donors (Lipinski definition) is 0. The zero-order valence-electron chi connectivity index (χ0n) is 24.0. The largest absolute Gasteiger partial charge is 0.345 e. The molecule has 8 aromatic rings. The van der Waals surface area contributed by atoms with Gasteiger partial charge in [0.2, 0.25) is 0 Å². The highest BCUT2D eigenvalue weighted by atomic mass is 15.1. The lowest BCUT2D eigenvalue weighted by atomic mass is 9.95. The van der Waals surface area contributed by atoms with Crippen LogP contribution in [0.15, 0.2) is 164 Å². The first-order valence-corrected chi connectivity index (χ1v) is 14.8. The highest BCUT2D eigenvalue weighted by molar-refractivity contribution is 6.25. The Morgan fingerprint density at radius 3 is 1.74 bits per heavy atom. The molecule has 0 radical (unpaired) electrons. The summed E-state index contributed by atoms with van der Waals surface area (Å²) >= 11 is 0. The van der Waals surface area contributed by atoms with Crippen LogP contribution in [0.25, 0.3) is 60.5 Å². The van der Waals surface area contributed by atoms with Gasteiger partial charge in [0.05, 0.1) is 11.0 Å². The molecule has 2 nitrogen and oxygen atoms in total. The maximum atomic E-state index is 2.41. The van der Waals surface area contributed by atoms with E-state index >= 15 is 0 Å². The van der Waals surface area contributed by atoms with Gasteiger partial charge in [-0.2, -0.15) is 0 Å². The third-order valence-electron chi connectivity index (χ3n) is 8.62. The van der Waals surface area contributed by atoms with Crippen LogP contribution in [0.2, 0.25) is 0 Å². The van der Waals surface area contributed by atoms with E-state index < -0.39 is 0 Å². The van der Waals surface area contributed by atoms with Gasteiger partial charge in [0.1, 0.15) is 0 Å². The van der Waals surface area contributed by atoms with Crippen molar-refractivity contribution >= 4 is 44.0 Å². The predicted molar refractivity (Wildman–Crippen MR) is 184 cm³/mol. The van der Waals surface area contributed by atoms with Gasteiger partial charge in [0.15, 0.2) is 0 Å². The van der Waals surface area contributed by atoms with Crippen LogP contribution in [-0.4, -0.2) is 11.6 Å². The molecule has 0 aliphatic heterocycles. The fourth-order valence-corrected chi connectivity index (χ4v) is 6.44. The second-order valence-electron chi connectivity index (χ2n) is 11.1. The van der Waals surface area contributed by atoms with Crippen LogP contribution in [-0.2, 0) is 0 Å². The molecule has 0 saturated carbocycles. The predicted octanol–water partition coefficient (Wildman–Crippen LogP) is 11.0. The molecule has 0 unspecified atom stereocenters. The second-order valence-corrected chi connectivity index (χ2v) is 11.1. The molecule has 0 N–H and O–H groups in total. The first-order chi connectivity index (χ1) is 21.3. The Kier molecular flexibility index (Phi) is 6.05. The number of hydrogen-bond acceptors (Lipinski definition) is 1. The maximum absolute atomic E-state index is 2.41. The third-order valence-corrected chi connectivity index (χ3v) is 8.62. The average molecular weight is 551 g/mol. The molecule has 204 valence electrons. The summed E-state index contributed by atoms with van der Waals surface area (Å²) in [5.41, 5.74) is 10.8. The molecule has 0 bridgehead atoms. The van der Waals surface area contributed by atoms with Crippen LogP contribution in [0.3, 0.4) is 0 Å². The van der Waals surface area contributed by atoms with Crippen molar-refractivity contribution in [2.75, 3.05) is 11.9 Å². The van der Waals surface area contributed by atoms with Gasteiger partial charge in [-0.3, -0.25) is 0 Å². The number of para-hydroxylation sites is 2. The molecule has 0 aliphatic carbocycles. The number of anilines is 2. The van der Waals surface area contributed by atoms with Crippen molar-refractivity contribution in [2.24, 2.45) is 0 Å². The Labute approximate surface area is 251 Å². The van der Waals surface area contributed by atoms with Gasteiger partial charge >= 0.3 is 0 Å². The van der Waals surface area contributed by atoms with Crippen molar-refractivity contribution in [1.29, 1.82) is 0 Å². The number of rotatable bonds is 5. The Morgan fingerprint density at radius 1 is 0.419 bits per heavy atom. The van der Waals surface area contributed by atoms with E-state index in [4.69, 9.17) is 0 Å². The summed E-state index contributed by atoms with van der Waals surface area (Å²) in [6.07, 6.45) is 0. The Hall–Kier alpha value is -5.60. The third kappa shape index (κ3) is 4.27.